The molecule has 3 aliphatic rings. The van der Waals surface area contributed by atoms with Gasteiger partial charge in [-0.1, -0.05) is 221 Å². The van der Waals surface area contributed by atoms with Crippen molar-refractivity contribution in [2.24, 2.45) is 27.6 Å². The summed E-state index contributed by atoms with van der Waals surface area (Å²) in [6.45, 7) is 60.7. The van der Waals surface area contributed by atoms with Crippen molar-refractivity contribution < 1.29 is 124 Å². The van der Waals surface area contributed by atoms with Gasteiger partial charge in [0.25, 0.3) is 0 Å². The van der Waals surface area contributed by atoms with E-state index in [9.17, 15) is 24.0 Å². The van der Waals surface area contributed by atoms with Crippen LogP contribution in [0.25, 0.3) is 0 Å². The molecule has 0 aromatic heterocycles. The van der Waals surface area contributed by atoms with Crippen LogP contribution in [0.3, 0.4) is 0 Å². The first-order valence-corrected chi connectivity index (χ1v) is 41.2. The molecular weight excluding hydrogens is 1590 g/mol. The number of rotatable bonds is 35. The van der Waals surface area contributed by atoms with Gasteiger partial charge in [0.1, 0.15) is 84.4 Å². The third kappa shape index (κ3) is 42.6. The molecule has 2 bridgehead atoms. The summed E-state index contributed by atoms with van der Waals surface area (Å²) in [5.41, 5.74) is 10.1. The predicted molar refractivity (Wildman–Crippen MR) is 445 cm³/mol. The molecular formula is C93H160Br3ClN4O9. The van der Waals surface area contributed by atoms with Crippen LogP contribution in [-0.2, 0) is 69.1 Å². The topological polar surface area (TPSA) is 122 Å². The van der Waals surface area contributed by atoms with Crippen LogP contribution in [0.4, 0.5) is 0 Å². The molecule has 0 aliphatic carbocycles. The van der Waals surface area contributed by atoms with E-state index in [2.05, 4.69) is 202 Å². The highest BCUT2D eigenvalue weighted by molar-refractivity contribution is 5.84. The van der Waals surface area contributed by atoms with Crippen LogP contribution in [0.1, 0.15) is 304 Å². The first-order valence-electron chi connectivity index (χ1n) is 41.2. The maximum atomic E-state index is 11.8. The highest BCUT2D eigenvalue weighted by Crippen LogP contribution is 2.33. The molecule has 634 valence electrons. The van der Waals surface area contributed by atoms with E-state index in [0.29, 0.717) is 49.5 Å². The fraction of sp³-hybridized carbons (Fsp3) is 0.688. The number of quaternary nitrogens is 4. The van der Waals surface area contributed by atoms with Crippen LogP contribution in [0, 0.1) is 27.6 Å². The molecule has 3 aliphatic heterocycles. The van der Waals surface area contributed by atoms with E-state index < -0.39 is 16.2 Å². The number of carbonyl (C=O) groups excluding carboxylic acids is 5. The average Bonchev–Trinajstić information content (AvgIpc) is 0.756. The van der Waals surface area contributed by atoms with Gasteiger partial charge in [0, 0.05) is 34.1 Å². The second-order valence-corrected chi connectivity index (χ2v) is 35.8. The van der Waals surface area contributed by atoms with Gasteiger partial charge in [-0.25, -0.2) is 0 Å². The van der Waals surface area contributed by atoms with Gasteiger partial charge in [-0.05, 0) is 152 Å². The summed E-state index contributed by atoms with van der Waals surface area (Å²) in [7, 11) is 13.3. The highest BCUT2D eigenvalue weighted by Gasteiger charge is 2.49. The molecule has 5 unspecified atom stereocenters. The van der Waals surface area contributed by atoms with Gasteiger partial charge in [0.2, 0.25) is 0 Å². The molecule has 0 N–H and O–H groups in total. The number of halogens is 4. The van der Waals surface area contributed by atoms with Crippen molar-refractivity contribution >= 4 is 29.7 Å². The van der Waals surface area contributed by atoms with Crippen molar-refractivity contribution in [3.63, 3.8) is 0 Å². The number of ether oxygens (including phenoxy) is 4. The number of hydrogen-bond donors (Lipinski definition) is 0. The van der Waals surface area contributed by atoms with E-state index in [4.69, 9.17) is 18.9 Å². The summed E-state index contributed by atoms with van der Waals surface area (Å²) in [4.78, 5) is 57.8. The van der Waals surface area contributed by atoms with E-state index in [1.54, 1.807) is 0 Å². The number of esters is 4. The Morgan fingerprint density at radius 2 is 0.618 bits per heavy atom. The summed E-state index contributed by atoms with van der Waals surface area (Å²) < 4.78 is 24.9. The van der Waals surface area contributed by atoms with Crippen molar-refractivity contribution in [2.45, 2.75) is 286 Å². The number of piperazine rings is 3. The number of fused-ring (bicyclic) bond motifs is 3. The van der Waals surface area contributed by atoms with Crippen LogP contribution >= 0.6 is 0 Å². The maximum absolute atomic E-state index is 11.8. The number of nitrogens with zero attached hydrogens (tertiary/aromatic N) is 4. The quantitative estimate of drug-likeness (QED) is 0.0192. The van der Waals surface area contributed by atoms with E-state index in [1.807, 2.05) is 96.9 Å². The average molecular weight is 1750 g/mol. The van der Waals surface area contributed by atoms with Gasteiger partial charge >= 0.3 is 23.9 Å². The molecule has 13 nitrogen and oxygen atoms in total. The second-order valence-electron chi connectivity index (χ2n) is 35.8. The second kappa shape index (κ2) is 54.8. The van der Waals surface area contributed by atoms with Crippen molar-refractivity contribution in [3.05, 3.63) is 142 Å². The zero-order valence-corrected chi connectivity index (χ0v) is 80.5. The highest BCUT2D eigenvalue weighted by atomic mass is 79.9. The van der Waals surface area contributed by atoms with Crippen LogP contribution in [0.15, 0.2) is 97.1 Å². The van der Waals surface area contributed by atoms with Crippen LogP contribution < -0.4 is 63.4 Å². The van der Waals surface area contributed by atoms with E-state index in [1.165, 1.54) is 132 Å². The summed E-state index contributed by atoms with van der Waals surface area (Å²) in [5, 5.41) is 0. The Morgan fingerprint density at radius 1 is 0.364 bits per heavy atom. The lowest BCUT2D eigenvalue weighted by Gasteiger charge is -2.55. The zero-order chi connectivity index (χ0) is 80.9. The first kappa shape index (κ1) is 112. The van der Waals surface area contributed by atoms with Gasteiger partial charge in [0.15, 0.2) is 0 Å². The minimum atomic E-state index is -0.479. The standard InChI is InChI=1S/C28H42N2.2C14H24N.C14H26O4.C14H26O3.C9H18O2.3BrH.ClH/c1-5-23(3)27-11-7-25(8-12-27)21-29-15-18-30(19-16-29,20-17-29)22-26-9-13-28(14-10-26)24(4)6-2;2*1-6-12(2)14-9-7-13(8-10-14)11-15(3,4)5;1-7-13(3,4)11(15)17-9-10-18-12(16)14(5,6)8-2;1-7-13(3,4)11(15)9-10-17-12(16)14(5,6)8-2;1-4-6-7-11-9(10)8(3)5-2;;;;/h7-14,23-24H,5-6,15-22H2,1-4H3;2*7-10,12H,6,11H2,1-5H3;7-10H2,1-6H3;7-10H2,1-6H3;8H,4-7H2,1-3H3;4*1H/q+2;2*+1;;;;;;;/p-4. The number of ketones is 1. The molecule has 4 aromatic rings. The number of Topliss-reactive ketones (excluding diaryl/α,β-unsaturated/α-hetero) is 1. The first-order chi connectivity index (χ1) is 49.4. The number of carbonyl (C=O) groups is 5. The number of benzene rings is 4. The molecule has 0 spiro atoms. The summed E-state index contributed by atoms with van der Waals surface area (Å²) >= 11 is 0. The Morgan fingerprint density at radius 3 is 0.845 bits per heavy atom. The minimum absolute atomic E-state index is 0. The lowest BCUT2D eigenvalue weighted by molar-refractivity contribution is -1.09. The third-order valence-electron chi connectivity index (χ3n) is 23.0. The van der Waals surface area contributed by atoms with E-state index in [0.717, 1.165) is 54.2 Å². The molecule has 4 aromatic carbocycles. The predicted octanol–water partition coefficient (Wildman–Crippen LogP) is 9.59. The minimum Gasteiger partial charge on any atom is -1.00 e. The normalized spacial score (nSPS) is 16.5. The van der Waals surface area contributed by atoms with E-state index in [-0.39, 0.29) is 124 Å². The van der Waals surface area contributed by atoms with Crippen LogP contribution in [0.5, 0.6) is 0 Å². The molecule has 0 amide bonds. The van der Waals surface area contributed by atoms with Crippen molar-refractivity contribution in [1.29, 1.82) is 0 Å². The van der Waals surface area contributed by atoms with Gasteiger partial charge in [-0.15, -0.1) is 0 Å². The Hall–Kier alpha value is -4.00. The Bertz CT molecular complexity index is 2920. The molecule has 3 saturated heterocycles. The number of hydrogen-bond acceptors (Lipinski definition) is 9. The van der Waals surface area contributed by atoms with Crippen molar-refractivity contribution in [2.75, 3.05) is 108 Å². The molecule has 0 saturated carbocycles. The van der Waals surface area contributed by atoms with Gasteiger partial charge in [0.05, 0.1) is 77.7 Å². The largest absolute Gasteiger partial charge is 1.00 e. The lowest BCUT2D eigenvalue weighted by Crippen LogP contribution is -3.00. The van der Waals surface area contributed by atoms with Gasteiger partial charge in [-0.2, -0.15) is 0 Å². The molecule has 7 rings (SSSR count). The fourth-order valence-electron chi connectivity index (χ4n) is 11.7. The zero-order valence-electron chi connectivity index (χ0n) is 75.0. The Kier molecular flexibility index (Phi) is 55.9. The summed E-state index contributed by atoms with van der Waals surface area (Å²) in [6.07, 6.45) is 11.1. The molecule has 110 heavy (non-hydrogen) atoms. The summed E-state index contributed by atoms with van der Waals surface area (Å²) in [6, 6.07) is 37.3. The molecule has 17 heteroatoms. The fourth-order valence-corrected chi connectivity index (χ4v) is 11.7. The lowest BCUT2D eigenvalue weighted by atomic mass is 9.84. The van der Waals surface area contributed by atoms with E-state index >= 15 is 0 Å². The molecule has 5 atom stereocenters. The van der Waals surface area contributed by atoms with Crippen LogP contribution in [-0.4, -0.2) is 156 Å². The monoisotopic (exact) mass is 1750 g/mol. The van der Waals surface area contributed by atoms with Crippen molar-refractivity contribution in [1.82, 2.24) is 0 Å². The number of unbranched alkanes of at least 4 members (excludes halogenated alkanes) is 1. The Balaban J connectivity index is -0.000000629. The third-order valence-corrected chi connectivity index (χ3v) is 23.0. The van der Waals surface area contributed by atoms with Crippen molar-refractivity contribution in [3.8, 4) is 0 Å². The smallest absolute Gasteiger partial charge is 0.311 e. The van der Waals surface area contributed by atoms with Crippen LogP contribution in [0.2, 0.25) is 0 Å². The van der Waals surface area contributed by atoms with Gasteiger partial charge in [-0.3, -0.25) is 24.0 Å². The van der Waals surface area contributed by atoms with Gasteiger partial charge < -0.3 is 100 Å². The molecule has 3 heterocycles. The maximum Gasteiger partial charge on any atom is 0.311 e. The summed E-state index contributed by atoms with van der Waals surface area (Å²) in [5.74, 6) is 2.15. The Labute approximate surface area is 712 Å². The SMILES string of the molecule is CCC(C)(C)C(=O)CCOC(=O)C(C)(C)CC.CCC(C)(C)C(=O)OCCOC(=O)C(C)(C)CC.CCC(C)c1ccc(C[N+](C)(C)C)cc1.CCC(C)c1ccc(C[N+](C)(C)C)cc1.CCC(C)c1ccc(C[N+]23CC[N+](Cc4ccc(C(C)CC)cc4)(CC2)CC3)cc1.CCCCOC(=O)C(C)CC.[Br-].[Br-].[Br-].[Cl-]. The molecule has 0 radical (unpaired) electrons. The molecule has 3 fully saturated rings.